The summed E-state index contributed by atoms with van der Waals surface area (Å²) >= 11 is 0. The van der Waals surface area contributed by atoms with Crippen molar-refractivity contribution in [3.63, 3.8) is 0 Å². The largest absolute Gasteiger partial charge is 0.481 e. The monoisotopic (exact) mass is 286 g/mol. The van der Waals surface area contributed by atoms with Gasteiger partial charge in [0.25, 0.3) is 0 Å². The molecule has 6 heteroatoms. The highest BCUT2D eigenvalue weighted by Gasteiger charge is 2.24. The third kappa shape index (κ3) is 2.66. The second kappa shape index (κ2) is 5.27. The van der Waals surface area contributed by atoms with E-state index in [-0.39, 0.29) is 5.92 Å². The Hall–Kier alpha value is -2.24. The number of pyridine rings is 1. The van der Waals surface area contributed by atoms with E-state index in [0.29, 0.717) is 18.5 Å². The first kappa shape index (κ1) is 13.7. The number of piperidine rings is 1. The van der Waals surface area contributed by atoms with Gasteiger partial charge in [-0.25, -0.2) is 15.0 Å². The van der Waals surface area contributed by atoms with Crippen molar-refractivity contribution >= 4 is 22.8 Å². The molecule has 2 aromatic rings. The Labute approximate surface area is 122 Å². The molecule has 1 aliphatic heterocycles. The van der Waals surface area contributed by atoms with Gasteiger partial charge in [-0.3, -0.25) is 4.79 Å². The molecule has 0 aliphatic carbocycles. The first-order chi connectivity index (χ1) is 10.0. The van der Waals surface area contributed by atoms with Crippen LogP contribution in [0.15, 0.2) is 12.3 Å². The smallest absolute Gasteiger partial charge is 0.306 e. The summed E-state index contributed by atoms with van der Waals surface area (Å²) in [6, 6.07) is 1.99. The fourth-order valence-electron chi connectivity index (χ4n) is 2.66. The quantitative estimate of drug-likeness (QED) is 0.909. The van der Waals surface area contributed by atoms with Crippen LogP contribution in [0, 0.1) is 19.8 Å². The van der Waals surface area contributed by atoms with Crippen LogP contribution < -0.4 is 4.90 Å². The fourth-order valence-corrected chi connectivity index (χ4v) is 2.66. The number of rotatable bonds is 2. The Kier molecular flexibility index (Phi) is 3.45. The lowest BCUT2D eigenvalue weighted by molar-refractivity contribution is -0.142. The summed E-state index contributed by atoms with van der Waals surface area (Å²) in [5.74, 6) is -0.914. The predicted octanol–water partition coefficient (Wildman–Crippen LogP) is 1.94. The molecule has 0 atom stereocenters. The lowest BCUT2D eigenvalue weighted by Crippen LogP contribution is -2.36. The van der Waals surface area contributed by atoms with E-state index in [4.69, 9.17) is 5.11 Å². The standard InChI is InChI=1S/C15H18N4O2/c1-9-10(2)18-14-13(17-9)7-12(8-16-14)19-5-3-11(4-6-19)15(20)21/h7-8,11H,3-6H2,1-2H3,(H,20,21). The first-order valence-corrected chi connectivity index (χ1v) is 7.13. The SMILES string of the molecule is Cc1nc2cc(N3CCC(C(=O)O)CC3)cnc2nc1C. The number of hydrogen-bond donors (Lipinski definition) is 1. The average Bonchev–Trinajstić information content (AvgIpc) is 2.48. The van der Waals surface area contributed by atoms with Crippen molar-refractivity contribution in [3.8, 4) is 0 Å². The summed E-state index contributed by atoms with van der Waals surface area (Å²) in [6.07, 6.45) is 3.14. The number of carbonyl (C=O) groups is 1. The molecule has 6 nitrogen and oxygen atoms in total. The van der Waals surface area contributed by atoms with Crippen molar-refractivity contribution in [1.29, 1.82) is 0 Å². The maximum Gasteiger partial charge on any atom is 0.306 e. The molecule has 21 heavy (non-hydrogen) atoms. The molecule has 1 aliphatic rings. The molecule has 1 fully saturated rings. The van der Waals surface area contributed by atoms with Crippen molar-refractivity contribution in [2.24, 2.45) is 5.92 Å². The predicted molar refractivity (Wildman–Crippen MR) is 79.4 cm³/mol. The zero-order valence-corrected chi connectivity index (χ0v) is 12.2. The van der Waals surface area contributed by atoms with Gasteiger partial charge in [-0.2, -0.15) is 0 Å². The minimum absolute atomic E-state index is 0.223. The second-order valence-corrected chi connectivity index (χ2v) is 5.53. The number of anilines is 1. The van der Waals surface area contributed by atoms with Crippen LogP contribution in [0.3, 0.4) is 0 Å². The van der Waals surface area contributed by atoms with E-state index in [1.165, 1.54) is 0 Å². The molecular weight excluding hydrogens is 268 g/mol. The number of aliphatic carboxylic acids is 1. The molecule has 0 unspecified atom stereocenters. The van der Waals surface area contributed by atoms with Crippen molar-refractivity contribution in [2.75, 3.05) is 18.0 Å². The van der Waals surface area contributed by atoms with Crippen LogP contribution in [0.4, 0.5) is 5.69 Å². The average molecular weight is 286 g/mol. The Balaban J connectivity index is 1.85. The van der Waals surface area contributed by atoms with Crippen LogP contribution in [0.2, 0.25) is 0 Å². The van der Waals surface area contributed by atoms with Crippen LogP contribution in [-0.2, 0) is 4.79 Å². The maximum absolute atomic E-state index is 11.0. The van der Waals surface area contributed by atoms with Crippen LogP contribution in [0.5, 0.6) is 0 Å². The molecule has 110 valence electrons. The second-order valence-electron chi connectivity index (χ2n) is 5.53. The maximum atomic E-state index is 11.0. The van der Waals surface area contributed by atoms with Crippen molar-refractivity contribution in [3.05, 3.63) is 23.7 Å². The Morgan fingerprint density at radius 3 is 2.57 bits per heavy atom. The highest BCUT2D eigenvalue weighted by molar-refractivity contribution is 5.75. The molecule has 0 radical (unpaired) electrons. The van der Waals surface area contributed by atoms with Gasteiger partial charge in [-0.05, 0) is 32.8 Å². The minimum atomic E-state index is -0.691. The molecule has 0 aromatic carbocycles. The number of hydrogen-bond acceptors (Lipinski definition) is 5. The summed E-state index contributed by atoms with van der Waals surface area (Å²) in [4.78, 5) is 26.5. The van der Waals surface area contributed by atoms with Gasteiger partial charge in [0.05, 0.1) is 29.2 Å². The van der Waals surface area contributed by atoms with E-state index >= 15 is 0 Å². The van der Waals surface area contributed by atoms with Gasteiger partial charge >= 0.3 is 5.97 Å². The zero-order chi connectivity index (χ0) is 15.0. The van der Waals surface area contributed by atoms with Crippen molar-refractivity contribution in [1.82, 2.24) is 15.0 Å². The summed E-state index contributed by atoms with van der Waals surface area (Å²) in [6.45, 7) is 5.34. The van der Waals surface area contributed by atoms with E-state index in [1.807, 2.05) is 19.9 Å². The number of fused-ring (bicyclic) bond motifs is 1. The first-order valence-electron chi connectivity index (χ1n) is 7.13. The minimum Gasteiger partial charge on any atom is -0.481 e. The molecule has 3 heterocycles. The van der Waals surface area contributed by atoms with Crippen LogP contribution >= 0.6 is 0 Å². The van der Waals surface area contributed by atoms with Gasteiger partial charge in [0.15, 0.2) is 5.65 Å². The highest BCUT2D eigenvalue weighted by atomic mass is 16.4. The topological polar surface area (TPSA) is 79.2 Å². The third-order valence-corrected chi connectivity index (χ3v) is 4.13. The Morgan fingerprint density at radius 2 is 1.90 bits per heavy atom. The number of carboxylic acid groups (broad SMARTS) is 1. The number of aromatic nitrogens is 3. The molecule has 2 aromatic heterocycles. The molecule has 1 N–H and O–H groups in total. The van der Waals surface area contributed by atoms with Gasteiger partial charge < -0.3 is 10.0 Å². The molecule has 0 saturated carbocycles. The molecule has 3 rings (SSSR count). The van der Waals surface area contributed by atoms with Gasteiger partial charge in [-0.15, -0.1) is 0 Å². The molecule has 0 spiro atoms. The summed E-state index contributed by atoms with van der Waals surface area (Å²) in [5.41, 5.74) is 4.23. The zero-order valence-electron chi connectivity index (χ0n) is 12.2. The Bertz CT molecular complexity index is 693. The van der Waals surface area contributed by atoms with E-state index in [1.54, 1.807) is 6.20 Å². The number of nitrogens with zero attached hydrogens (tertiary/aromatic N) is 4. The number of carboxylic acids is 1. The van der Waals surface area contributed by atoms with Crippen molar-refractivity contribution < 1.29 is 9.90 Å². The summed E-state index contributed by atoms with van der Waals surface area (Å²) < 4.78 is 0. The van der Waals surface area contributed by atoms with Gasteiger partial charge in [0.1, 0.15) is 5.52 Å². The Morgan fingerprint density at radius 1 is 1.24 bits per heavy atom. The van der Waals surface area contributed by atoms with Crippen LogP contribution in [-0.4, -0.2) is 39.1 Å². The lowest BCUT2D eigenvalue weighted by Gasteiger charge is -2.31. The molecule has 1 saturated heterocycles. The van der Waals surface area contributed by atoms with Gasteiger partial charge in [0, 0.05) is 13.1 Å². The van der Waals surface area contributed by atoms with E-state index in [0.717, 1.165) is 35.7 Å². The molecular formula is C15H18N4O2. The highest BCUT2D eigenvalue weighted by Crippen LogP contribution is 2.24. The third-order valence-electron chi connectivity index (χ3n) is 4.13. The molecule has 0 amide bonds. The van der Waals surface area contributed by atoms with E-state index in [2.05, 4.69) is 19.9 Å². The molecule has 0 bridgehead atoms. The van der Waals surface area contributed by atoms with Crippen LogP contribution in [0.25, 0.3) is 11.2 Å². The number of aryl methyl sites for hydroxylation is 2. The normalized spacial score (nSPS) is 16.4. The fraction of sp³-hybridized carbons (Fsp3) is 0.467. The van der Waals surface area contributed by atoms with Gasteiger partial charge in [-0.1, -0.05) is 0 Å². The summed E-state index contributed by atoms with van der Waals surface area (Å²) in [5, 5.41) is 9.04. The summed E-state index contributed by atoms with van der Waals surface area (Å²) in [7, 11) is 0. The van der Waals surface area contributed by atoms with E-state index in [9.17, 15) is 4.79 Å². The van der Waals surface area contributed by atoms with Crippen molar-refractivity contribution in [2.45, 2.75) is 26.7 Å². The van der Waals surface area contributed by atoms with Gasteiger partial charge in [0.2, 0.25) is 0 Å². The van der Waals surface area contributed by atoms with E-state index < -0.39 is 5.97 Å². The lowest BCUT2D eigenvalue weighted by atomic mass is 9.97. The van der Waals surface area contributed by atoms with Crippen LogP contribution in [0.1, 0.15) is 24.2 Å².